The minimum Gasteiger partial charge on any atom is -0.478 e. The van der Waals surface area contributed by atoms with Gasteiger partial charge in [0, 0.05) is 31.7 Å². The summed E-state index contributed by atoms with van der Waals surface area (Å²) in [5.41, 5.74) is 1.94. The van der Waals surface area contributed by atoms with Gasteiger partial charge in [-0.3, -0.25) is 4.79 Å². The van der Waals surface area contributed by atoms with Crippen LogP contribution in [0.4, 0.5) is 5.82 Å². The van der Waals surface area contributed by atoms with E-state index >= 15 is 0 Å². The van der Waals surface area contributed by atoms with E-state index in [4.69, 9.17) is 31.0 Å². The predicted octanol–water partition coefficient (Wildman–Crippen LogP) is 6.26. The molecule has 0 amide bonds. The molecule has 0 radical (unpaired) electrons. The topological polar surface area (TPSA) is 107 Å². The molecule has 42 heavy (non-hydrogen) atoms. The van der Waals surface area contributed by atoms with E-state index in [1.165, 1.54) is 18.3 Å². The van der Waals surface area contributed by atoms with Crippen molar-refractivity contribution >= 4 is 51.5 Å². The molecule has 4 aromatic rings. The molecule has 2 aliphatic rings. The van der Waals surface area contributed by atoms with Crippen molar-refractivity contribution in [2.45, 2.75) is 64.8 Å². The smallest absolute Gasteiger partial charge is 0.335 e. The van der Waals surface area contributed by atoms with Crippen LogP contribution in [0.5, 0.6) is 5.88 Å². The number of anilines is 1. The van der Waals surface area contributed by atoms with Crippen molar-refractivity contribution in [3.05, 3.63) is 68.6 Å². The summed E-state index contributed by atoms with van der Waals surface area (Å²) in [4.78, 5) is 36.8. The van der Waals surface area contributed by atoms with Crippen LogP contribution >= 0.6 is 22.9 Å². The number of rotatable bonds is 10. The molecule has 2 fully saturated rings. The molecule has 2 saturated heterocycles. The van der Waals surface area contributed by atoms with E-state index in [0.29, 0.717) is 28.2 Å². The zero-order valence-corrected chi connectivity index (χ0v) is 25.2. The number of Topliss-reactive ketones (excluding diaryl/α,β-unsaturated/α-hetero) is 1. The number of hydrogen-bond donors (Lipinski definition) is 1. The monoisotopic (exact) mass is 608 g/mol. The Hall–Kier alpha value is -3.47. The first-order valence-electron chi connectivity index (χ1n) is 14.2. The normalized spacial score (nSPS) is 20.5. The number of imidazole rings is 1. The summed E-state index contributed by atoms with van der Waals surface area (Å²) in [6.07, 6.45) is 3.93. The summed E-state index contributed by atoms with van der Waals surface area (Å²) in [5.74, 6) is 1.86. The Morgan fingerprint density at radius 2 is 2.02 bits per heavy atom. The molecular weight excluding hydrogens is 576 g/mol. The molecule has 1 N–H and O–H groups in total. The van der Waals surface area contributed by atoms with Crippen molar-refractivity contribution in [1.82, 2.24) is 14.5 Å². The van der Waals surface area contributed by atoms with Gasteiger partial charge in [-0.1, -0.05) is 17.7 Å². The minimum atomic E-state index is -0.937. The standard InChI is InChI=1S/C31H33ClN4O5S/c1-18-12-20(13-29-33-24-7-6-21(31(38)39)14-25(24)36(29)16-22-9-11-40-22)8-10-35(18)28-4-3-5-30(34-28)41-17-27-23(32)15-26(42-27)19(2)37/h3-7,14-15,18,20,22H,8-13,16-17H2,1-2H3,(H,38,39)/t18?,20?,22-/m0/s1. The molecule has 0 saturated carbocycles. The Morgan fingerprint density at radius 1 is 1.19 bits per heavy atom. The van der Waals surface area contributed by atoms with Crippen LogP contribution in [-0.4, -0.2) is 56.7 Å². The highest BCUT2D eigenvalue weighted by molar-refractivity contribution is 7.14. The predicted molar refractivity (Wildman–Crippen MR) is 162 cm³/mol. The third-order valence-electron chi connectivity index (χ3n) is 8.17. The van der Waals surface area contributed by atoms with E-state index in [-0.39, 0.29) is 30.1 Å². The van der Waals surface area contributed by atoms with Gasteiger partial charge in [0.25, 0.3) is 0 Å². The summed E-state index contributed by atoms with van der Waals surface area (Å²) in [6, 6.07) is 12.9. The highest BCUT2D eigenvalue weighted by Gasteiger charge is 2.29. The largest absolute Gasteiger partial charge is 0.478 e. The maximum atomic E-state index is 11.7. The Labute approximate surface area is 253 Å². The lowest BCUT2D eigenvalue weighted by Crippen LogP contribution is -2.42. The number of ketones is 1. The van der Waals surface area contributed by atoms with Gasteiger partial charge in [0.2, 0.25) is 5.88 Å². The Balaban J connectivity index is 1.13. The summed E-state index contributed by atoms with van der Waals surface area (Å²) in [5, 5.41) is 10.1. The van der Waals surface area contributed by atoms with Crippen LogP contribution in [0.1, 0.15) is 63.8 Å². The van der Waals surface area contributed by atoms with E-state index in [9.17, 15) is 14.7 Å². The lowest BCUT2D eigenvalue weighted by molar-refractivity contribution is -0.0590. The van der Waals surface area contributed by atoms with E-state index in [2.05, 4.69) is 16.4 Å². The van der Waals surface area contributed by atoms with Crippen molar-refractivity contribution in [2.24, 2.45) is 5.92 Å². The fourth-order valence-electron chi connectivity index (χ4n) is 5.81. The number of ether oxygens (including phenoxy) is 2. The number of benzene rings is 1. The van der Waals surface area contributed by atoms with E-state index in [1.54, 1.807) is 24.3 Å². The zero-order chi connectivity index (χ0) is 29.4. The third-order valence-corrected chi connectivity index (χ3v) is 9.83. The summed E-state index contributed by atoms with van der Waals surface area (Å²) in [6.45, 7) is 6.32. The number of aromatic nitrogens is 3. The molecular formula is C31H33ClN4O5S. The van der Waals surface area contributed by atoms with E-state index < -0.39 is 5.97 Å². The molecule has 9 nitrogen and oxygen atoms in total. The summed E-state index contributed by atoms with van der Waals surface area (Å²) >= 11 is 7.65. The first-order valence-corrected chi connectivity index (χ1v) is 15.4. The number of carbonyl (C=O) groups is 2. The number of nitrogens with zero attached hydrogens (tertiary/aromatic N) is 4. The van der Waals surface area contributed by atoms with Gasteiger partial charge >= 0.3 is 5.97 Å². The molecule has 0 aliphatic carbocycles. The number of piperidine rings is 1. The van der Waals surface area contributed by atoms with Crippen molar-refractivity contribution in [3.63, 3.8) is 0 Å². The lowest BCUT2D eigenvalue weighted by atomic mass is 9.88. The van der Waals surface area contributed by atoms with Gasteiger partial charge in [0.15, 0.2) is 5.78 Å². The van der Waals surface area contributed by atoms with Crippen molar-refractivity contribution in [2.75, 3.05) is 18.1 Å². The van der Waals surface area contributed by atoms with Gasteiger partial charge in [0.05, 0.1) is 44.0 Å². The number of thiophene rings is 1. The van der Waals surface area contributed by atoms with Crippen LogP contribution in [0.2, 0.25) is 5.02 Å². The van der Waals surface area contributed by atoms with E-state index in [1.807, 2.05) is 18.2 Å². The number of fused-ring (bicyclic) bond motifs is 1. The fourth-order valence-corrected chi connectivity index (χ4v) is 7.02. The second kappa shape index (κ2) is 12.0. The molecule has 220 valence electrons. The maximum absolute atomic E-state index is 11.7. The van der Waals surface area contributed by atoms with Crippen LogP contribution in [0, 0.1) is 5.92 Å². The van der Waals surface area contributed by atoms with Gasteiger partial charge in [-0.25, -0.2) is 9.78 Å². The molecule has 0 spiro atoms. The summed E-state index contributed by atoms with van der Waals surface area (Å²) in [7, 11) is 0. The Morgan fingerprint density at radius 3 is 2.71 bits per heavy atom. The molecule has 11 heteroatoms. The molecule has 5 heterocycles. The molecule has 2 aliphatic heterocycles. The number of carboxylic acids is 1. The fraction of sp³-hybridized carbons (Fsp3) is 0.419. The molecule has 6 rings (SSSR count). The first-order chi connectivity index (χ1) is 20.2. The number of hydrogen-bond acceptors (Lipinski definition) is 8. The average Bonchev–Trinajstić information content (AvgIpc) is 3.48. The van der Waals surface area contributed by atoms with Crippen LogP contribution in [0.3, 0.4) is 0 Å². The van der Waals surface area contributed by atoms with Crippen molar-refractivity contribution < 1.29 is 24.2 Å². The minimum absolute atomic E-state index is 0.0115. The number of carbonyl (C=O) groups excluding carboxylic acids is 1. The number of carboxylic acid groups (broad SMARTS) is 1. The summed E-state index contributed by atoms with van der Waals surface area (Å²) < 4.78 is 13.8. The van der Waals surface area contributed by atoms with Crippen LogP contribution in [0.25, 0.3) is 11.0 Å². The highest BCUT2D eigenvalue weighted by Crippen LogP contribution is 2.32. The first kappa shape index (κ1) is 28.6. The maximum Gasteiger partial charge on any atom is 0.335 e. The zero-order valence-electron chi connectivity index (χ0n) is 23.6. The van der Waals surface area contributed by atoms with Crippen molar-refractivity contribution in [3.8, 4) is 5.88 Å². The van der Waals surface area contributed by atoms with Gasteiger partial charge in [-0.05, 0) is 69.4 Å². The Kier molecular flexibility index (Phi) is 8.20. The quantitative estimate of drug-likeness (QED) is 0.210. The molecule has 2 unspecified atom stereocenters. The van der Waals surface area contributed by atoms with Crippen LogP contribution < -0.4 is 9.64 Å². The Bertz CT molecular complexity index is 1630. The van der Waals surface area contributed by atoms with Gasteiger partial charge < -0.3 is 24.0 Å². The number of pyridine rings is 1. The van der Waals surface area contributed by atoms with Gasteiger partial charge in [-0.2, -0.15) is 4.98 Å². The number of halogens is 1. The van der Waals surface area contributed by atoms with Crippen molar-refractivity contribution in [1.29, 1.82) is 0 Å². The van der Waals surface area contributed by atoms with E-state index in [0.717, 1.165) is 66.4 Å². The van der Waals surface area contributed by atoms with Gasteiger partial charge in [0.1, 0.15) is 18.2 Å². The highest BCUT2D eigenvalue weighted by atomic mass is 35.5. The second-order valence-corrected chi connectivity index (χ2v) is 12.7. The second-order valence-electron chi connectivity index (χ2n) is 11.1. The average molecular weight is 609 g/mol. The number of aromatic carboxylic acids is 1. The molecule has 1 aromatic carbocycles. The molecule has 3 atom stereocenters. The van der Waals surface area contributed by atoms with Crippen LogP contribution in [-0.2, 0) is 24.3 Å². The molecule has 0 bridgehead atoms. The SMILES string of the molecule is CC(=O)c1cc(Cl)c(COc2cccc(N3CCC(Cc4nc5ccc(C(=O)O)cc5n4C[C@@H]4CCO4)CC3C)n2)s1. The lowest BCUT2D eigenvalue weighted by Gasteiger charge is -2.38. The van der Waals surface area contributed by atoms with Crippen LogP contribution in [0.15, 0.2) is 42.5 Å². The molecule has 3 aromatic heterocycles. The third kappa shape index (κ3) is 6.02. The van der Waals surface area contributed by atoms with Gasteiger partial charge in [-0.15, -0.1) is 11.3 Å².